The molecule has 1 aliphatic rings. The third kappa shape index (κ3) is 2.15. The van der Waals surface area contributed by atoms with E-state index in [9.17, 15) is 4.79 Å². The van der Waals surface area contributed by atoms with Gasteiger partial charge in [0.25, 0.3) is 0 Å². The Morgan fingerprint density at radius 3 is 2.42 bits per heavy atom. The number of halogens is 1. The van der Waals surface area contributed by atoms with Crippen molar-refractivity contribution in [2.75, 3.05) is 0 Å². The molecule has 2 nitrogen and oxygen atoms in total. The maximum atomic E-state index is 12.4. The number of hydrogen-bond donors (Lipinski definition) is 1. The minimum atomic E-state index is -0.0936. The fraction of sp³-hybridized carbons (Fsp3) is 0.0625. The zero-order valence-electron chi connectivity index (χ0n) is 10.1. The zero-order valence-corrected chi connectivity index (χ0v) is 11.7. The van der Waals surface area contributed by atoms with Gasteiger partial charge in [-0.15, -0.1) is 0 Å². The van der Waals surface area contributed by atoms with E-state index in [1.165, 1.54) is 0 Å². The number of benzene rings is 2. The number of ketones is 1. The topological polar surface area (TPSA) is 29.1 Å². The SMILES string of the molecule is O=C1C(=Cc2ccccc2)C(NBr)c2ccccc21. The van der Waals surface area contributed by atoms with Gasteiger partial charge in [0.2, 0.25) is 0 Å². The molecule has 19 heavy (non-hydrogen) atoms. The van der Waals surface area contributed by atoms with Gasteiger partial charge in [-0.25, -0.2) is 4.34 Å². The highest BCUT2D eigenvalue weighted by Gasteiger charge is 2.33. The Hall–Kier alpha value is -1.71. The smallest absolute Gasteiger partial charge is 0.191 e. The predicted molar refractivity (Wildman–Crippen MR) is 80.0 cm³/mol. The molecule has 94 valence electrons. The van der Waals surface area contributed by atoms with E-state index < -0.39 is 0 Å². The number of nitrogens with one attached hydrogen (secondary N) is 1. The van der Waals surface area contributed by atoms with Crippen LogP contribution in [0.25, 0.3) is 6.08 Å². The molecule has 0 heterocycles. The van der Waals surface area contributed by atoms with Crippen LogP contribution in [0.4, 0.5) is 0 Å². The van der Waals surface area contributed by atoms with Crippen molar-refractivity contribution >= 4 is 28.0 Å². The number of carbonyl (C=O) groups is 1. The average Bonchev–Trinajstić information content (AvgIpc) is 2.73. The molecule has 1 aliphatic carbocycles. The summed E-state index contributed by atoms with van der Waals surface area (Å²) in [6.07, 6.45) is 1.95. The average molecular weight is 314 g/mol. The van der Waals surface area contributed by atoms with E-state index in [0.29, 0.717) is 0 Å². The summed E-state index contributed by atoms with van der Waals surface area (Å²) in [6.45, 7) is 0. The van der Waals surface area contributed by atoms with Crippen molar-refractivity contribution < 1.29 is 4.79 Å². The van der Waals surface area contributed by atoms with Crippen molar-refractivity contribution in [3.8, 4) is 0 Å². The van der Waals surface area contributed by atoms with E-state index in [1.807, 2.05) is 60.7 Å². The summed E-state index contributed by atoms with van der Waals surface area (Å²) in [5, 5.41) is 0. The summed E-state index contributed by atoms with van der Waals surface area (Å²) in [5.41, 5.74) is 3.60. The van der Waals surface area contributed by atoms with Crippen LogP contribution in [-0.4, -0.2) is 5.78 Å². The first-order valence-corrected chi connectivity index (χ1v) is 6.87. The van der Waals surface area contributed by atoms with Gasteiger partial charge in [0, 0.05) is 27.3 Å². The lowest BCUT2D eigenvalue weighted by Crippen LogP contribution is -2.10. The van der Waals surface area contributed by atoms with Crippen LogP contribution < -0.4 is 4.34 Å². The summed E-state index contributed by atoms with van der Waals surface area (Å²) in [7, 11) is 0. The molecule has 0 saturated carbocycles. The summed E-state index contributed by atoms with van der Waals surface area (Å²) >= 11 is 3.28. The molecule has 0 fully saturated rings. The van der Waals surface area contributed by atoms with Gasteiger partial charge in [0.05, 0.1) is 6.04 Å². The Kier molecular flexibility index (Phi) is 3.32. The van der Waals surface area contributed by atoms with Crippen molar-refractivity contribution in [3.63, 3.8) is 0 Å². The van der Waals surface area contributed by atoms with Crippen molar-refractivity contribution in [1.29, 1.82) is 0 Å². The Morgan fingerprint density at radius 2 is 1.68 bits per heavy atom. The Bertz CT molecular complexity index is 649. The van der Waals surface area contributed by atoms with Crippen molar-refractivity contribution in [3.05, 3.63) is 76.9 Å². The van der Waals surface area contributed by atoms with Crippen LogP contribution in [0, 0.1) is 0 Å². The second-order valence-electron chi connectivity index (χ2n) is 4.47. The minimum absolute atomic E-state index is 0.0936. The monoisotopic (exact) mass is 313 g/mol. The highest BCUT2D eigenvalue weighted by molar-refractivity contribution is 9.08. The Morgan fingerprint density at radius 1 is 1.00 bits per heavy atom. The molecule has 0 aliphatic heterocycles. The summed E-state index contributed by atoms with van der Waals surface area (Å²) < 4.78 is 3.04. The van der Waals surface area contributed by atoms with Crippen molar-refractivity contribution in [1.82, 2.24) is 4.34 Å². The molecular weight excluding hydrogens is 302 g/mol. The van der Waals surface area contributed by atoms with Crippen molar-refractivity contribution in [2.45, 2.75) is 6.04 Å². The number of fused-ring (bicyclic) bond motifs is 1. The summed E-state index contributed by atoms with van der Waals surface area (Å²) in [4.78, 5) is 12.4. The van der Waals surface area contributed by atoms with Gasteiger partial charge in [-0.1, -0.05) is 54.6 Å². The van der Waals surface area contributed by atoms with E-state index in [-0.39, 0.29) is 11.8 Å². The van der Waals surface area contributed by atoms with E-state index in [1.54, 1.807) is 0 Å². The molecule has 0 amide bonds. The first kappa shape index (κ1) is 12.3. The van der Waals surface area contributed by atoms with Gasteiger partial charge in [-0.3, -0.25) is 4.79 Å². The Balaban J connectivity index is 2.09. The van der Waals surface area contributed by atoms with Gasteiger partial charge < -0.3 is 0 Å². The number of rotatable bonds is 2. The van der Waals surface area contributed by atoms with Crippen LogP contribution in [0.5, 0.6) is 0 Å². The van der Waals surface area contributed by atoms with E-state index in [2.05, 4.69) is 20.5 Å². The minimum Gasteiger partial charge on any atom is -0.289 e. The number of carbonyl (C=O) groups excluding carboxylic acids is 1. The van der Waals surface area contributed by atoms with Gasteiger partial charge in [0.15, 0.2) is 5.78 Å². The van der Waals surface area contributed by atoms with Gasteiger partial charge in [-0.05, 0) is 17.2 Å². The van der Waals surface area contributed by atoms with E-state index in [0.717, 1.165) is 22.3 Å². The lowest BCUT2D eigenvalue weighted by Gasteiger charge is -2.09. The molecule has 0 spiro atoms. The van der Waals surface area contributed by atoms with Crippen LogP contribution in [-0.2, 0) is 0 Å². The largest absolute Gasteiger partial charge is 0.289 e. The zero-order chi connectivity index (χ0) is 13.2. The quantitative estimate of drug-likeness (QED) is 0.673. The fourth-order valence-electron chi connectivity index (χ4n) is 2.40. The lowest BCUT2D eigenvalue weighted by atomic mass is 10.0. The van der Waals surface area contributed by atoms with E-state index >= 15 is 0 Å². The number of Topliss-reactive ketones (excluding diaryl/α,β-unsaturated/α-hetero) is 1. The third-order valence-corrected chi connectivity index (χ3v) is 3.78. The molecule has 0 bridgehead atoms. The maximum Gasteiger partial charge on any atom is 0.191 e. The Labute approximate surface area is 120 Å². The molecule has 0 saturated heterocycles. The second kappa shape index (κ2) is 5.11. The molecule has 1 atom stereocenters. The molecule has 2 aromatic carbocycles. The molecule has 1 unspecified atom stereocenters. The van der Waals surface area contributed by atoms with Crippen LogP contribution in [0.15, 0.2) is 60.2 Å². The van der Waals surface area contributed by atoms with Crippen LogP contribution in [0.2, 0.25) is 0 Å². The molecule has 1 N–H and O–H groups in total. The lowest BCUT2D eigenvalue weighted by molar-refractivity contribution is 0.103. The molecule has 0 radical (unpaired) electrons. The molecule has 3 heteroatoms. The molecule has 3 rings (SSSR count). The first-order valence-electron chi connectivity index (χ1n) is 6.07. The highest BCUT2D eigenvalue weighted by atomic mass is 79.9. The normalized spacial score (nSPS) is 19.7. The fourth-order valence-corrected chi connectivity index (χ4v) is 2.90. The van der Waals surface area contributed by atoms with Gasteiger partial charge in [-0.2, -0.15) is 0 Å². The number of hydrogen-bond acceptors (Lipinski definition) is 2. The second-order valence-corrected chi connectivity index (χ2v) is 4.93. The van der Waals surface area contributed by atoms with Gasteiger partial charge >= 0.3 is 0 Å². The van der Waals surface area contributed by atoms with Gasteiger partial charge in [0.1, 0.15) is 0 Å². The highest BCUT2D eigenvalue weighted by Crippen LogP contribution is 2.37. The summed E-state index contributed by atoms with van der Waals surface area (Å²) in [5.74, 6) is 0.0939. The van der Waals surface area contributed by atoms with Crippen LogP contribution in [0.3, 0.4) is 0 Å². The van der Waals surface area contributed by atoms with E-state index in [4.69, 9.17) is 0 Å². The van der Waals surface area contributed by atoms with Crippen molar-refractivity contribution in [2.24, 2.45) is 0 Å². The predicted octanol–water partition coefficient (Wildman–Crippen LogP) is 3.91. The summed E-state index contributed by atoms with van der Waals surface area (Å²) in [6, 6.07) is 17.5. The molecular formula is C16H12BrNO. The molecule has 0 aromatic heterocycles. The maximum absolute atomic E-state index is 12.4. The standard InChI is InChI=1S/C16H12BrNO/c17-18-15-12-8-4-5-9-13(12)16(19)14(15)10-11-6-2-1-3-7-11/h1-10,15,18H. The first-order chi connectivity index (χ1) is 9.31. The van der Waals surface area contributed by atoms with Crippen LogP contribution in [0.1, 0.15) is 27.5 Å². The van der Waals surface area contributed by atoms with Crippen LogP contribution >= 0.6 is 16.1 Å². The molecule has 2 aromatic rings. The third-order valence-electron chi connectivity index (χ3n) is 3.32.